The molecule has 2 aromatic heterocycles. The van der Waals surface area contributed by atoms with Crippen molar-refractivity contribution in [3.63, 3.8) is 0 Å². The van der Waals surface area contributed by atoms with E-state index in [-0.39, 0.29) is 0 Å². The van der Waals surface area contributed by atoms with E-state index in [0.29, 0.717) is 18.0 Å². The van der Waals surface area contributed by atoms with E-state index in [1.54, 1.807) is 6.20 Å². The van der Waals surface area contributed by atoms with E-state index >= 15 is 0 Å². The smallest absolute Gasteiger partial charge is 0.326 e. The molecule has 0 saturated carbocycles. The van der Waals surface area contributed by atoms with Crippen LogP contribution in [0.3, 0.4) is 0 Å². The molecule has 0 fully saturated rings. The molecule has 0 amide bonds. The van der Waals surface area contributed by atoms with Gasteiger partial charge in [-0.05, 0) is 78.9 Å². The molecule has 0 saturated heterocycles. The lowest BCUT2D eigenvalue weighted by molar-refractivity contribution is -0.137. The molecular weight excluding hydrogens is 474 g/mol. The van der Waals surface area contributed by atoms with Gasteiger partial charge in [-0.15, -0.1) is 0 Å². The van der Waals surface area contributed by atoms with Crippen LogP contribution in [0.4, 0.5) is 11.5 Å². The highest BCUT2D eigenvalue weighted by Gasteiger charge is 2.20. The fraction of sp³-hybridized carbons (Fsp3) is 0.250. The molecule has 0 spiro atoms. The van der Waals surface area contributed by atoms with Crippen LogP contribution in [0.1, 0.15) is 34.7 Å². The average molecular weight is 504 g/mol. The summed E-state index contributed by atoms with van der Waals surface area (Å²) in [6.07, 6.45) is 6.68. The Morgan fingerprint density at radius 3 is 2.58 bits per heavy atom. The molecule has 2 aromatic carbocycles. The Morgan fingerprint density at radius 2 is 1.89 bits per heavy atom. The zero-order chi connectivity index (χ0) is 25.7. The predicted octanol–water partition coefficient (Wildman–Crippen LogP) is 5.82. The van der Waals surface area contributed by atoms with Crippen molar-refractivity contribution in [2.24, 2.45) is 0 Å². The van der Waals surface area contributed by atoms with E-state index in [1.165, 1.54) is 0 Å². The van der Waals surface area contributed by atoms with Crippen molar-refractivity contribution < 1.29 is 9.90 Å². The average Bonchev–Trinajstić information content (AvgIpc) is 3.33. The molecule has 0 aliphatic carbocycles. The second-order valence-corrected chi connectivity index (χ2v) is 9.32. The Morgan fingerprint density at radius 1 is 1.11 bits per heavy atom. The van der Waals surface area contributed by atoms with Crippen LogP contribution in [0, 0.1) is 13.8 Å². The lowest BCUT2D eigenvalue weighted by Gasteiger charge is -2.20. The zero-order valence-corrected chi connectivity index (χ0v) is 21.4. The SMILES string of the molecule is CCc1cc(Cl)cc(C)c1NC(Cc1ccc(-n2cc(CNc3cc(C)ccn3)cn2)cc1)C(=O)O. The number of aliphatic carboxylic acids is 1. The highest BCUT2D eigenvalue weighted by atomic mass is 35.5. The molecular formula is C28H30ClN5O2. The summed E-state index contributed by atoms with van der Waals surface area (Å²) in [7, 11) is 0. The van der Waals surface area contributed by atoms with E-state index in [2.05, 4.69) is 20.7 Å². The summed E-state index contributed by atoms with van der Waals surface area (Å²) in [6, 6.07) is 14.7. The Kier molecular flexibility index (Phi) is 7.90. The van der Waals surface area contributed by atoms with Crippen LogP contribution >= 0.6 is 11.6 Å². The van der Waals surface area contributed by atoms with Gasteiger partial charge in [-0.25, -0.2) is 14.5 Å². The Hall–Kier alpha value is -3.84. The summed E-state index contributed by atoms with van der Waals surface area (Å²) in [5.74, 6) is -0.0728. The fourth-order valence-electron chi connectivity index (χ4n) is 4.11. The largest absolute Gasteiger partial charge is 0.480 e. The van der Waals surface area contributed by atoms with Gasteiger partial charge in [-0.2, -0.15) is 5.10 Å². The number of carboxylic acids is 1. The van der Waals surface area contributed by atoms with Gasteiger partial charge < -0.3 is 15.7 Å². The molecule has 4 rings (SSSR count). The maximum absolute atomic E-state index is 12.0. The second kappa shape index (κ2) is 11.3. The Labute approximate surface area is 216 Å². The number of rotatable bonds is 10. The molecule has 0 bridgehead atoms. The normalized spacial score (nSPS) is 11.8. The van der Waals surface area contributed by atoms with Crippen LogP contribution in [-0.2, 0) is 24.2 Å². The number of nitrogens with zero attached hydrogens (tertiary/aromatic N) is 3. The summed E-state index contributed by atoms with van der Waals surface area (Å²) in [6.45, 7) is 6.61. The van der Waals surface area contributed by atoms with Gasteiger partial charge in [0.05, 0.1) is 11.9 Å². The van der Waals surface area contributed by atoms with E-state index < -0.39 is 12.0 Å². The van der Waals surface area contributed by atoms with Gasteiger partial charge in [-0.3, -0.25) is 0 Å². The van der Waals surface area contributed by atoms with Crippen LogP contribution in [-0.4, -0.2) is 31.9 Å². The van der Waals surface area contributed by atoms with E-state index in [9.17, 15) is 9.90 Å². The number of pyridine rings is 1. The fourth-order valence-corrected chi connectivity index (χ4v) is 4.41. The number of hydrogen-bond donors (Lipinski definition) is 3. The van der Waals surface area contributed by atoms with Crippen LogP contribution in [0.5, 0.6) is 0 Å². The number of hydrogen-bond acceptors (Lipinski definition) is 5. The predicted molar refractivity (Wildman–Crippen MR) is 144 cm³/mol. The van der Waals surface area contributed by atoms with Crippen molar-refractivity contribution in [3.8, 4) is 5.69 Å². The van der Waals surface area contributed by atoms with Crippen molar-refractivity contribution in [3.05, 3.63) is 100.0 Å². The van der Waals surface area contributed by atoms with E-state index in [4.69, 9.17) is 11.6 Å². The third-order valence-corrected chi connectivity index (χ3v) is 6.26. The number of carbonyl (C=O) groups is 1. The molecule has 4 aromatic rings. The maximum Gasteiger partial charge on any atom is 0.326 e. The lowest BCUT2D eigenvalue weighted by Crippen LogP contribution is -2.32. The third-order valence-electron chi connectivity index (χ3n) is 6.05. The molecule has 3 N–H and O–H groups in total. The number of anilines is 2. The number of halogens is 1. The first-order chi connectivity index (χ1) is 17.3. The number of benzene rings is 2. The van der Waals surface area contributed by atoms with Gasteiger partial charge in [0.15, 0.2) is 0 Å². The topological polar surface area (TPSA) is 92.1 Å². The Balaban J connectivity index is 1.42. The van der Waals surface area contributed by atoms with Gasteiger partial charge in [0, 0.05) is 41.6 Å². The molecule has 2 heterocycles. The first kappa shape index (κ1) is 25.3. The molecule has 1 atom stereocenters. The van der Waals surface area contributed by atoms with Gasteiger partial charge in [0.2, 0.25) is 0 Å². The summed E-state index contributed by atoms with van der Waals surface area (Å²) in [5, 5.41) is 21.5. The van der Waals surface area contributed by atoms with Crippen molar-refractivity contribution >= 4 is 29.1 Å². The lowest BCUT2D eigenvalue weighted by atomic mass is 10.0. The number of aryl methyl sites for hydroxylation is 3. The van der Waals surface area contributed by atoms with Crippen LogP contribution in [0.25, 0.3) is 5.69 Å². The molecule has 36 heavy (non-hydrogen) atoms. The zero-order valence-electron chi connectivity index (χ0n) is 20.6. The molecule has 1 unspecified atom stereocenters. The first-order valence-electron chi connectivity index (χ1n) is 11.9. The minimum Gasteiger partial charge on any atom is -0.480 e. The molecule has 186 valence electrons. The van der Waals surface area contributed by atoms with Crippen LogP contribution < -0.4 is 10.6 Å². The van der Waals surface area contributed by atoms with Gasteiger partial charge >= 0.3 is 5.97 Å². The second-order valence-electron chi connectivity index (χ2n) is 8.88. The highest BCUT2D eigenvalue weighted by molar-refractivity contribution is 6.30. The first-order valence-corrected chi connectivity index (χ1v) is 12.3. The number of carboxylic acid groups (broad SMARTS) is 1. The van der Waals surface area contributed by atoms with Gasteiger partial charge in [0.1, 0.15) is 11.9 Å². The minimum atomic E-state index is -0.900. The Bertz CT molecular complexity index is 1350. The monoisotopic (exact) mass is 503 g/mol. The van der Waals surface area contributed by atoms with Crippen molar-refractivity contribution in [1.82, 2.24) is 14.8 Å². The summed E-state index contributed by atoms with van der Waals surface area (Å²) in [4.78, 5) is 16.4. The standard InChI is InChI=1S/C28H30ClN5O2/c1-4-22-14-23(29)12-19(3)27(22)33-25(28(35)36)13-20-5-7-24(8-6-20)34-17-21(16-32-34)15-31-26-11-18(2)9-10-30-26/h5-12,14,16-17,25,33H,4,13,15H2,1-3H3,(H,30,31)(H,35,36). The van der Waals surface area contributed by atoms with E-state index in [0.717, 1.165) is 51.4 Å². The number of aromatic nitrogens is 3. The van der Waals surface area contributed by atoms with Crippen molar-refractivity contribution in [1.29, 1.82) is 0 Å². The molecule has 8 heteroatoms. The van der Waals surface area contributed by atoms with Gasteiger partial charge in [-0.1, -0.05) is 30.7 Å². The van der Waals surface area contributed by atoms with Crippen molar-refractivity contribution in [2.45, 2.75) is 46.2 Å². The van der Waals surface area contributed by atoms with Gasteiger partial charge in [0.25, 0.3) is 0 Å². The third kappa shape index (κ3) is 6.23. The van der Waals surface area contributed by atoms with E-state index in [1.807, 2.05) is 86.4 Å². The van der Waals surface area contributed by atoms with Crippen LogP contribution in [0.15, 0.2) is 67.1 Å². The molecule has 0 radical (unpaired) electrons. The quantitative estimate of drug-likeness (QED) is 0.252. The number of nitrogens with one attached hydrogen (secondary N) is 2. The molecule has 7 nitrogen and oxygen atoms in total. The van der Waals surface area contributed by atoms with Crippen LogP contribution in [0.2, 0.25) is 5.02 Å². The summed E-state index contributed by atoms with van der Waals surface area (Å²) < 4.78 is 1.81. The highest BCUT2D eigenvalue weighted by Crippen LogP contribution is 2.27. The van der Waals surface area contributed by atoms with Crippen molar-refractivity contribution in [2.75, 3.05) is 10.6 Å². The maximum atomic E-state index is 12.0. The minimum absolute atomic E-state index is 0.346. The molecule has 0 aliphatic rings. The molecule has 0 aliphatic heterocycles. The summed E-state index contributed by atoms with van der Waals surface area (Å²) in [5.41, 5.74) is 6.78. The summed E-state index contributed by atoms with van der Waals surface area (Å²) >= 11 is 6.19.